The Bertz CT molecular complexity index is 451. The molecule has 0 fully saturated rings. The standard InChI is InChI=1S/C13H17FN2O3/c1-16(7-6-13(18)19)9-12(17)15-8-10-4-2-3-5-11(10)14/h2-5H,6-9H2,1H3,(H,15,17)(H,18,19). The Kier molecular flexibility index (Phi) is 5.95. The van der Waals surface area contributed by atoms with Gasteiger partial charge >= 0.3 is 5.97 Å². The number of nitrogens with one attached hydrogen (secondary N) is 1. The lowest BCUT2D eigenvalue weighted by Crippen LogP contribution is -2.35. The quantitative estimate of drug-likeness (QED) is 0.769. The van der Waals surface area contributed by atoms with Crippen molar-refractivity contribution in [3.8, 4) is 0 Å². The molecule has 0 aliphatic carbocycles. The van der Waals surface area contributed by atoms with E-state index in [1.54, 1.807) is 30.1 Å². The average Bonchev–Trinajstić information content (AvgIpc) is 2.35. The summed E-state index contributed by atoms with van der Waals surface area (Å²) < 4.78 is 13.3. The number of hydrogen-bond donors (Lipinski definition) is 2. The van der Waals surface area contributed by atoms with E-state index in [1.807, 2.05) is 0 Å². The van der Waals surface area contributed by atoms with E-state index >= 15 is 0 Å². The molecule has 0 bridgehead atoms. The maximum Gasteiger partial charge on any atom is 0.304 e. The van der Waals surface area contributed by atoms with Gasteiger partial charge < -0.3 is 10.4 Å². The summed E-state index contributed by atoms with van der Waals surface area (Å²) in [6, 6.07) is 6.22. The lowest BCUT2D eigenvalue weighted by molar-refractivity contribution is -0.137. The Labute approximate surface area is 111 Å². The predicted octanol–water partition coefficient (Wildman–Crippen LogP) is 0.848. The lowest BCUT2D eigenvalue weighted by atomic mass is 10.2. The van der Waals surface area contributed by atoms with Crippen molar-refractivity contribution in [3.05, 3.63) is 35.6 Å². The van der Waals surface area contributed by atoms with Crippen LogP contribution < -0.4 is 5.32 Å². The summed E-state index contributed by atoms with van der Waals surface area (Å²) in [5, 5.41) is 11.1. The van der Waals surface area contributed by atoms with Crippen LogP contribution in [0.4, 0.5) is 4.39 Å². The molecule has 0 heterocycles. The number of carboxylic acid groups (broad SMARTS) is 1. The minimum Gasteiger partial charge on any atom is -0.481 e. The van der Waals surface area contributed by atoms with Gasteiger partial charge in [-0.1, -0.05) is 18.2 Å². The number of halogens is 1. The normalized spacial score (nSPS) is 10.5. The van der Waals surface area contributed by atoms with E-state index in [0.29, 0.717) is 12.1 Å². The van der Waals surface area contributed by atoms with Crippen LogP contribution in [0.25, 0.3) is 0 Å². The van der Waals surface area contributed by atoms with Crippen LogP contribution in [-0.4, -0.2) is 42.0 Å². The summed E-state index contributed by atoms with van der Waals surface area (Å²) in [5.41, 5.74) is 0.420. The minimum absolute atomic E-state index is 0.0168. The van der Waals surface area contributed by atoms with Crippen LogP contribution in [0.15, 0.2) is 24.3 Å². The molecular weight excluding hydrogens is 251 g/mol. The van der Waals surface area contributed by atoms with Crippen molar-refractivity contribution in [2.75, 3.05) is 20.1 Å². The predicted molar refractivity (Wildman–Crippen MR) is 68.0 cm³/mol. The molecule has 5 nitrogen and oxygen atoms in total. The number of amides is 1. The van der Waals surface area contributed by atoms with Crippen molar-refractivity contribution in [2.24, 2.45) is 0 Å². The number of benzene rings is 1. The molecule has 0 aliphatic rings. The zero-order chi connectivity index (χ0) is 14.3. The molecule has 0 aliphatic heterocycles. The summed E-state index contributed by atoms with van der Waals surface area (Å²) in [6.45, 7) is 0.502. The smallest absolute Gasteiger partial charge is 0.304 e. The van der Waals surface area contributed by atoms with Crippen LogP contribution in [0, 0.1) is 5.82 Å². The van der Waals surface area contributed by atoms with Crippen molar-refractivity contribution < 1.29 is 19.1 Å². The van der Waals surface area contributed by atoms with Crippen molar-refractivity contribution in [2.45, 2.75) is 13.0 Å². The highest BCUT2D eigenvalue weighted by Crippen LogP contribution is 2.05. The van der Waals surface area contributed by atoms with E-state index < -0.39 is 5.97 Å². The molecule has 0 radical (unpaired) electrons. The van der Waals surface area contributed by atoms with Crippen LogP contribution in [0.1, 0.15) is 12.0 Å². The molecule has 19 heavy (non-hydrogen) atoms. The monoisotopic (exact) mass is 268 g/mol. The zero-order valence-corrected chi connectivity index (χ0v) is 10.7. The first-order valence-electron chi connectivity index (χ1n) is 5.89. The van der Waals surface area contributed by atoms with E-state index in [2.05, 4.69) is 5.32 Å². The van der Waals surface area contributed by atoms with Gasteiger partial charge in [-0.15, -0.1) is 0 Å². The topological polar surface area (TPSA) is 69.6 Å². The summed E-state index contributed by atoms with van der Waals surface area (Å²) >= 11 is 0. The molecule has 6 heteroatoms. The largest absolute Gasteiger partial charge is 0.481 e. The molecule has 1 aromatic carbocycles. The van der Waals surface area contributed by atoms with Gasteiger partial charge in [0.05, 0.1) is 13.0 Å². The highest BCUT2D eigenvalue weighted by Gasteiger charge is 2.08. The average molecular weight is 268 g/mol. The summed E-state index contributed by atoms with van der Waals surface area (Å²) in [7, 11) is 1.66. The van der Waals surface area contributed by atoms with Gasteiger partial charge in [-0.25, -0.2) is 4.39 Å². The van der Waals surface area contributed by atoms with E-state index in [0.717, 1.165) is 0 Å². The van der Waals surface area contributed by atoms with Crippen molar-refractivity contribution in [3.63, 3.8) is 0 Å². The summed E-state index contributed by atoms with van der Waals surface area (Å²) in [6.07, 6.45) is -0.0168. The third kappa shape index (κ3) is 5.96. The van der Waals surface area contributed by atoms with Crippen molar-refractivity contribution >= 4 is 11.9 Å². The Hall–Kier alpha value is -1.95. The SMILES string of the molecule is CN(CCC(=O)O)CC(=O)NCc1ccccc1F. The number of carbonyl (C=O) groups excluding carboxylic acids is 1. The first kappa shape index (κ1) is 15.1. The van der Waals surface area contributed by atoms with Gasteiger partial charge in [0, 0.05) is 18.7 Å². The fourth-order valence-corrected chi connectivity index (χ4v) is 1.50. The first-order chi connectivity index (χ1) is 8.99. The number of nitrogens with zero attached hydrogens (tertiary/aromatic N) is 1. The second kappa shape index (κ2) is 7.48. The molecule has 0 saturated carbocycles. The second-order valence-corrected chi connectivity index (χ2v) is 4.25. The summed E-state index contributed by atoms with van der Waals surface area (Å²) in [4.78, 5) is 23.5. The number of carbonyl (C=O) groups is 2. The van der Waals surface area contributed by atoms with Gasteiger partial charge in [0.15, 0.2) is 0 Å². The Morgan fingerprint density at radius 1 is 1.37 bits per heavy atom. The maximum absolute atomic E-state index is 13.3. The van der Waals surface area contributed by atoms with Crippen LogP contribution in [0.2, 0.25) is 0 Å². The van der Waals surface area contributed by atoms with Gasteiger partial charge in [0.25, 0.3) is 0 Å². The molecule has 1 amide bonds. The van der Waals surface area contributed by atoms with Crippen molar-refractivity contribution in [1.29, 1.82) is 0 Å². The Balaban J connectivity index is 2.32. The van der Waals surface area contributed by atoms with Gasteiger partial charge in [-0.2, -0.15) is 0 Å². The number of likely N-dealkylation sites (N-methyl/N-ethyl adjacent to an activating group) is 1. The van der Waals surface area contributed by atoms with E-state index in [-0.39, 0.29) is 31.2 Å². The number of carboxylic acids is 1. The molecule has 0 saturated heterocycles. The van der Waals surface area contributed by atoms with Gasteiger partial charge in [0.2, 0.25) is 5.91 Å². The molecule has 104 valence electrons. The van der Waals surface area contributed by atoms with E-state index in [4.69, 9.17) is 5.11 Å². The Morgan fingerprint density at radius 2 is 2.05 bits per heavy atom. The highest BCUT2D eigenvalue weighted by atomic mass is 19.1. The fourth-order valence-electron chi connectivity index (χ4n) is 1.50. The van der Waals surface area contributed by atoms with Gasteiger partial charge in [0.1, 0.15) is 5.82 Å². The van der Waals surface area contributed by atoms with E-state index in [1.165, 1.54) is 6.07 Å². The summed E-state index contributed by atoms with van der Waals surface area (Å²) in [5.74, 6) is -1.53. The third-order valence-electron chi connectivity index (χ3n) is 2.55. The molecule has 0 aromatic heterocycles. The van der Waals surface area contributed by atoms with Gasteiger partial charge in [-0.05, 0) is 13.1 Å². The second-order valence-electron chi connectivity index (χ2n) is 4.25. The van der Waals surface area contributed by atoms with Gasteiger partial charge in [-0.3, -0.25) is 14.5 Å². The molecule has 2 N–H and O–H groups in total. The van der Waals surface area contributed by atoms with Crippen LogP contribution >= 0.6 is 0 Å². The first-order valence-corrected chi connectivity index (χ1v) is 5.89. The Morgan fingerprint density at radius 3 is 2.68 bits per heavy atom. The molecule has 0 atom stereocenters. The van der Waals surface area contributed by atoms with Crippen LogP contribution in [-0.2, 0) is 16.1 Å². The molecule has 0 spiro atoms. The maximum atomic E-state index is 13.3. The minimum atomic E-state index is -0.904. The van der Waals surface area contributed by atoms with Crippen LogP contribution in [0.5, 0.6) is 0 Å². The molecule has 1 aromatic rings. The fraction of sp³-hybridized carbons (Fsp3) is 0.385. The molecular formula is C13H17FN2O3. The zero-order valence-electron chi connectivity index (χ0n) is 10.7. The van der Waals surface area contributed by atoms with Crippen LogP contribution in [0.3, 0.4) is 0 Å². The number of aliphatic carboxylic acids is 1. The third-order valence-corrected chi connectivity index (χ3v) is 2.55. The van der Waals surface area contributed by atoms with Crippen molar-refractivity contribution in [1.82, 2.24) is 10.2 Å². The van der Waals surface area contributed by atoms with E-state index in [9.17, 15) is 14.0 Å². The lowest BCUT2D eigenvalue weighted by Gasteiger charge is -2.15. The molecule has 1 rings (SSSR count). The number of rotatable bonds is 7. The molecule has 0 unspecified atom stereocenters. The highest BCUT2D eigenvalue weighted by molar-refractivity contribution is 5.78. The number of hydrogen-bond acceptors (Lipinski definition) is 3.